The molecule has 2 aromatic heterocycles. The largest absolute Gasteiger partial charge is 0.497 e. The molecule has 0 bridgehead atoms. The highest BCUT2D eigenvalue weighted by atomic mass is 32.1. The van der Waals surface area contributed by atoms with Crippen LogP contribution in [0.5, 0.6) is 17.2 Å². The highest BCUT2D eigenvalue weighted by Crippen LogP contribution is 2.39. The van der Waals surface area contributed by atoms with Gasteiger partial charge in [-0.25, -0.2) is 9.79 Å². The minimum atomic E-state index is -0.898. The fraction of sp³-hybridized carbons (Fsp3) is 0.281. The Balaban J connectivity index is 1.69. The number of carbonyl (C=O) groups is 1. The van der Waals surface area contributed by atoms with Gasteiger partial charge in [0.15, 0.2) is 4.80 Å². The van der Waals surface area contributed by atoms with E-state index in [0.717, 1.165) is 11.3 Å². The van der Waals surface area contributed by atoms with Crippen LogP contribution in [0.4, 0.5) is 5.69 Å². The second-order valence-electron chi connectivity index (χ2n) is 9.87. The number of ether oxygens (including phenoxy) is 4. The number of nitrogens with zero attached hydrogens (tertiary/aromatic N) is 3. The monoisotopic (exact) mass is 633 g/mol. The van der Waals surface area contributed by atoms with Gasteiger partial charge in [-0.2, -0.15) is 0 Å². The summed E-state index contributed by atoms with van der Waals surface area (Å²) in [5.74, 6) is 1.45. The molecule has 4 aromatic rings. The highest BCUT2D eigenvalue weighted by Gasteiger charge is 2.36. The van der Waals surface area contributed by atoms with Crippen molar-refractivity contribution >= 4 is 29.1 Å². The number of aromatic nitrogens is 1. The number of rotatable bonds is 11. The first-order chi connectivity index (χ1) is 21.7. The average Bonchev–Trinajstić information content (AvgIpc) is 3.63. The molecule has 0 saturated heterocycles. The highest BCUT2D eigenvalue weighted by molar-refractivity contribution is 7.07. The second kappa shape index (κ2) is 13.2. The van der Waals surface area contributed by atoms with Gasteiger partial charge in [-0.05, 0) is 49.7 Å². The maximum Gasteiger partial charge on any atom is 0.338 e. The topological polar surface area (TPSA) is 145 Å². The van der Waals surface area contributed by atoms with Gasteiger partial charge < -0.3 is 23.4 Å². The lowest BCUT2D eigenvalue weighted by atomic mass is 9.93. The molecule has 1 aliphatic rings. The zero-order chi connectivity index (χ0) is 32.2. The summed E-state index contributed by atoms with van der Waals surface area (Å²) in [7, 11) is 4.47. The van der Waals surface area contributed by atoms with E-state index in [4.69, 9.17) is 28.4 Å². The molecule has 234 valence electrons. The number of allylic oxidation sites excluding steroid dienone is 1. The predicted molar refractivity (Wildman–Crippen MR) is 167 cm³/mol. The number of methoxy groups -OCH3 is 3. The van der Waals surface area contributed by atoms with E-state index in [-0.39, 0.29) is 23.6 Å². The molecule has 0 amide bonds. The Kier molecular flexibility index (Phi) is 9.18. The first-order valence-electron chi connectivity index (χ1n) is 14.1. The molecule has 13 heteroatoms. The van der Waals surface area contributed by atoms with Crippen molar-refractivity contribution in [2.45, 2.75) is 32.7 Å². The molecule has 0 unspecified atom stereocenters. The van der Waals surface area contributed by atoms with Crippen molar-refractivity contribution in [3.63, 3.8) is 0 Å². The lowest BCUT2D eigenvalue weighted by Gasteiger charge is -2.27. The molecular formula is C32H31N3O9S. The van der Waals surface area contributed by atoms with Gasteiger partial charge in [0.2, 0.25) is 0 Å². The summed E-state index contributed by atoms with van der Waals surface area (Å²) in [6, 6.07) is 11.9. The quantitative estimate of drug-likeness (QED) is 0.130. The Hall–Kier alpha value is -5.17. The molecule has 12 nitrogen and oxygen atoms in total. The maximum atomic E-state index is 14.1. The fourth-order valence-electron chi connectivity index (χ4n) is 5.17. The minimum Gasteiger partial charge on any atom is -0.497 e. The molecule has 0 saturated carbocycles. The second-order valence-corrected chi connectivity index (χ2v) is 10.9. The van der Waals surface area contributed by atoms with Crippen LogP contribution >= 0.6 is 11.3 Å². The number of non-ortho nitro benzene ring substituents is 1. The molecule has 0 spiro atoms. The Morgan fingerprint density at radius 1 is 1.07 bits per heavy atom. The van der Waals surface area contributed by atoms with Crippen LogP contribution in [0.25, 0.3) is 17.4 Å². The summed E-state index contributed by atoms with van der Waals surface area (Å²) in [5, 5.41) is 11.2. The number of esters is 1. The molecule has 0 radical (unpaired) electrons. The van der Waals surface area contributed by atoms with Gasteiger partial charge in [-0.15, -0.1) is 0 Å². The lowest BCUT2D eigenvalue weighted by molar-refractivity contribution is -0.384. The van der Waals surface area contributed by atoms with Gasteiger partial charge in [-0.1, -0.05) is 24.7 Å². The number of thiazole rings is 1. The smallest absolute Gasteiger partial charge is 0.338 e. The lowest BCUT2D eigenvalue weighted by Crippen LogP contribution is -2.40. The van der Waals surface area contributed by atoms with Crippen LogP contribution < -0.4 is 29.1 Å². The molecule has 45 heavy (non-hydrogen) atoms. The van der Waals surface area contributed by atoms with E-state index in [2.05, 4.69) is 0 Å². The Bertz CT molecular complexity index is 1990. The number of nitro benzene ring substituents is 1. The maximum absolute atomic E-state index is 14.1. The van der Waals surface area contributed by atoms with Crippen LogP contribution in [-0.2, 0) is 9.53 Å². The standard InChI is InChI=1S/C32H31N3O9S/c1-6-8-23-28(31(37)43-7-2)29(22-16-19(40-3)10-13-24(22)41-4)34-30(36)27(45-32(34)33-23)17-20-11-14-25(44-20)21-12-9-18(35(38)39)15-26(21)42-5/h9-17,29H,6-8H2,1-5H3/b27-17-/t29-/m0/s1. The summed E-state index contributed by atoms with van der Waals surface area (Å²) in [6.45, 7) is 3.85. The molecule has 3 heterocycles. The Morgan fingerprint density at radius 2 is 1.84 bits per heavy atom. The summed E-state index contributed by atoms with van der Waals surface area (Å²) >= 11 is 1.16. The SMILES string of the molecule is CCCC1=C(C(=O)OCC)[C@H](c2cc(OC)ccc2OC)n2c(s/c(=C\c3ccc(-c4ccc([N+](=O)[O-])cc4OC)o3)c2=O)=N1. The summed E-state index contributed by atoms with van der Waals surface area (Å²) in [5.41, 5.74) is 1.34. The van der Waals surface area contributed by atoms with Gasteiger partial charge in [0.25, 0.3) is 11.2 Å². The van der Waals surface area contributed by atoms with E-state index < -0.39 is 22.5 Å². The van der Waals surface area contributed by atoms with Crippen LogP contribution in [0.3, 0.4) is 0 Å². The molecular weight excluding hydrogens is 602 g/mol. The van der Waals surface area contributed by atoms with Crippen molar-refractivity contribution in [1.82, 2.24) is 4.57 Å². The Morgan fingerprint density at radius 3 is 2.51 bits per heavy atom. The first kappa shape index (κ1) is 31.3. The molecule has 2 aromatic carbocycles. The normalized spacial score (nSPS) is 14.5. The van der Waals surface area contributed by atoms with E-state index in [9.17, 15) is 19.7 Å². The summed E-state index contributed by atoms with van der Waals surface area (Å²) < 4.78 is 29.8. The van der Waals surface area contributed by atoms with Crippen molar-refractivity contribution < 1.29 is 33.1 Å². The number of furan rings is 1. The number of fused-ring (bicyclic) bond motifs is 1. The number of hydrogen-bond donors (Lipinski definition) is 0. The average molecular weight is 634 g/mol. The van der Waals surface area contributed by atoms with E-state index in [1.165, 1.54) is 38.0 Å². The number of benzene rings is 2. The van der Waals surface area contributed by atoms with Crippen molar-refractivity contribution in [2.24, 2.45) is 4.99 Å². The van der Waals surface area contributed by atoms with Gasteiger partial charge in [-0.3, -0.25) is 19.5 Å². The van der Waals surface area contributed by atoms with Gasteiger partial charge in [0.05, 0.1) is 60.3 Å². The fourth-order valence-corrected chi connectivity index (χ4v) is 6.17. The predicted octanol–water partition coefficient (Wildman–Crippen LogP) is 4.77. The Labute approximate surface area is 261 Å². The summed E-state index contributed by atoms with van der Waals surface area (Å²) in [6.07, 6.45) is 2.79. The number of nitro groups is 1. The minimum absolute atomic E-state index is 0.115. The van der Waals surface area contributed by atoms with E-state index in [0.29, 0.717) is 62.0 Å². The van der Waals surface area contributed by atoms with Gasteiger partial charge >= 0.3 is 5.97 Å². The van der Waals surface area contributed by atoms with Crippen LogP contribution in [0, 0.1) is 10.1 Å². The third-order valence-electron chi connectivity index (χ3n) is 7.19. The van der Waals surface area contributed by atoms with Crippen molar-refractivity contribution in [2.75, 3.05) is 27.9 Å². The number of carbonyl (C=O) groups excluding carboxylic acids is 1. The zero-order valence-corrected chi connectivity index (χ0v) is 26.1. The van der Waals surface area contributed by atoms with Crippen LogP contribution in [0.1, 0.15) is 44.1 Å². The van der Waals surface area contributed by atoms with Crippen LogP contribution in [-0.4, -0.2) is 43.4 Å². The molecule has 0 fully saturated rings. The summed E-state index contributed by atoms with van der Waals surface area (Å²) in [4.78, 5) is 43.5. The third kappa shape index (κ3) is 5.98. The van der Waals surface area contributed by atoms with Gasteiger partial charge in [0.1, 0.15) is 34.8 Å². The van der Waals surface area contributed by atoms with Crippen molar-refractivity contribution in [3.05, 3.63) is 101 Å². The molecule has 0 aliphatic carbocycles. The van der Waals surface area contributed by atoms with E-state index in [1.807, 2.05) is 6.92 Å². The molecule has 1 aliphatic heterocycles. The molecule has 5 rings (SSSR count). The van der Waals surface area contributed by atoms with E-state index in [1.54, 1.807) is 49.4 Å². The van der Waals surface area contributed by atoms with Crippen LogP contribution in [0.2, 0.25) is 0 Å². The third-order valence-corrected chi connectivity index (χ3v) is 8.17. The zero-order valence-electron chi connectivity index (χ0n) is 25.3. The van der Waals surface area contributed by atoms with Crippen molar-refractivity contribution in [3.8, 4) is 28.6 Å². The molecule has 1 atom stereocenters. The first-order valence-corrected chi connectivity index (χ1v) is 14.9. The van der Waals surface area contributed by atoms with E-state index >= 15 is 0 Å². The molecule has 0 N–H and O–H groups in total. The van der Waals surface area contributed by atoms with Crippen molar-refractivity contribution in [1.29, 1.82) is 0 Å². The number of hydrogen-bond acceptors (Lipinski definition) is 11. The van der Waals surface area contributed by atoms with Gasteiger partial charge in [0, 0.05) is 17.7 Å². The van der Waals surface area contributed by atoms with Crippen LogP contribution in [0.15, 0.2) is 74.0 Å².